The maximum atomic E-state index is 13.2. The number of imidazole rings is 1. The molecule has 0 atom stereocenters. The molecule has 0 fully saturated rings. The number of nitrogens with zero attached hydrogens (tertiary/aromatic N) is 2. The molecule has 0 aliphatic rings. The van der Waals surface area contributed by atoms with Gasteiger partial charge in [0.15, 0.2) is 5.75 Å². The van der Waals surface area contributed by atoms with Crippen molar-refractivity contribution in [3.8, 4) is 17.0 Å². The Morgan fingerprint density at radius 3 is 2.39 bits per heavy atom. The number of amides is 1. The fourth-order valence-corrected chi connectivity index (χ4v) is 5.25. The average molecular weight is 591 g/mol. The van der Waals surface area contributed by atoms with Crippen LogP contribution in [0.1, 0.15) is 12.5 Å². The van der Waals surface area contributed by atoms with E-state index in [4.69, 9.17) is 9.17 Å². The number of carbonyl (C=O) groups is 1. The quantitative estimate of drug-likeness (QED) is 0.212. The van der Waals surface area contributed by atoms with Crippen LogP contribution in [0.3, 0.4) is 0 Å². The molecule has 0 saturated carbocycles. The Morgan fingerprint density at radius 1 is 0.947 bits per heavy atom. The first-order chi connectivity index (χ1) is 18.3. The van der Waals surface area contributed by atoms with Gasteiger partial charge < -0.3 is 14.8 Å². The highest BCUT2D eigenvalue weighted by molar-refractivity contribution is 9.10. The summed E-state index contributed by atoms with van der Waals surface area (Å²) >= 11 is 3.52. The maximum absolute atomic E-state index is 13.2. The lowest BCUT2D eigenvalue weighted by atomic mass is 10.1. The van der Waals surface area contributed by atoms with Crippen molar-refractivity contribution in [2.45, 2.75) is 18.4 Å². The van der Waals surface area contributed by atoms with Crippen molar-refractivity contribution in [3.63, 3.8) is 0 Å². The third kappa shape index (κ3) is 5.56. The Labute approximate surface area is 228 Å². The minimum Gasteiger partial charge on any atom is -0.378 e. The first kappa shape index (κ1) is 25.5. The number of hydrogen-bond donors (Lipinski definition) is 2. The molecular formula is C28H23BrN4O4S. The lowest BCUT2D eigenvalue weighted by Crippen LogP contribution is -2.11. The van der Waals surface area contributed by atoms with Crippen molar-refractivity contribution >= 4 is 49.1 Å². The summed E-state index contributed by atoms with van der Waals surface area (Å²) in [6.45, 7) is 1.92. The largest absolute Gasteiger partial charge is 0.378 e. The fraction of sp³-hybridized carbons (Fsp3) is 0.0714. The molecule has 0 bridgehead atoms. The summed E-state index contributed by atoms with van der Waals surface area (Å²) in [4.78, 5) is 16.0. The number of aromatic nitrogens is 2. The zero-order chi connectivity index (χ0) is 26.7. The maximum Gasteiger partial charge on any atom is 0.339 e. The number of rotatable bonds is 8. The lowest BCUT2D eigenvalue weighted by Gasteiger charge is -2.13. The van der Waals surface area contributed by atoms with Gasteiger partial charge in [0.25, 0.3) is 0 Å². The van der Waals surface area contributed by atoms with Crippen molar-refractivity contribution in [1.82, 2.24) is 9.38 Å². The summed E-state index contributed by atoms with van der Waals surface area (Å²) in [7, 11) is -4.17. The molecule has 0 spiro atoms. The van der Waals surface area contributed by atoms with E-state index in [1.807, 2.05) is 53.1 Å². The van der Waals surface area contributed by atoms with Crippen molar-refractivity contribution in [3.05, 3.63) is 107 Å². The Hall–Kier alpha value is -4.15. The Morgan fingerprint density at radius 2 is 1.66 bits per heavy atom. The molecule has 1 amide bonds. The molecule has 3 aromatic carbocycles. The number of halogens is 1. The summed E-state index contributed by atoms with van der Waals surface area (Å²) in [5, 5.41) is 6.08. The van der Waals surface area contributed by atoms with Crippen LogP contribution >= 0.6 is 15.9 Å². The van der Waals surface area contributed by atoms with Crippen LogP contribution in [0.25, 0.3) is 16.9 Å². The smallest absolute Gasteiger partial charge is 0.339 e. The second-order valence-corrected chi connectivity index (χ2v) is 10.9. The highest BCUT2D eigenvalue weighted by Gasteiger charge is 2.23. The normalized spacial score (nSPS) is 11.3. The number of fused-ring (bicyclic) bond motifs is 1. The van der Waals surface area contributed by atoms with Crippen LogP contribution in [0.5, 0.6) is 5.75 Å². The first-order valence-corrected chi connectivity index (χ1v) is 13.9. The summed E-state index contributed by atoms with van der Waals surface area (Å²) in [6, 6.07) is 26.4. The van der Waals surface area contributed by atoms with Gasteiger partial charge in [-0.05, 0) is 70.0 Å². The summed E-state index contributed by atoms with van der Waals surface area (Å²) in [6.07, 6.45) is 1.90. The van der Waals surface area contributed by atoms with Gasteiger partial charge >= 0.3 is 10.1 Å². The molecule has 192 valence electrons. The van der Waals surface area contributed by atoms with Gasteiger partial charge in [-0.25, -0.2) is 4.98 Å². The molecular weight excluding hydrogens is 568 g/mol. The third-order valence-electron chi connectivity index (χ3n) is 5.69. The van der Waals surface area contributed by atoms with Crippen LogP contribution in [0.2, 0.25) is 0 Å². The number of para-hydroxylation sites is 1. The molecule has 0 radical (unpaired) electrons. The Balaban J connectivity index is 1.53. The molecule has 0 aliphatic heterocycles. The summed E-state index contributed by atoms with van der Waals surface area (Å²) < 4.78 is 34.8. The molecule has 0 saturated heterocycles. The monoisotopic (exact) mass is 590 g/mol. The van der Waals surface area contributed by atoms with Gasteiger partial charge in [-0.1, -0.05) is 42.5 Å². The second kappa shape index (κ2) is 10.7. The van der Waals surface area contributed by atoms with Gasteiger partial charge in [-0.15, -0.1) is 0 Å². The topological polar surface area (TPSA) is 102 Å². The Kier molecular flexibility index (Phi) is 7.17. The van der Waals surface area contributed by atoms with E-state index in [0.29, 0.717) is 35.0 Å². The van der Waals surface area contributed by atoms with Crippen molar-refractivity contribution < 1.29 is 17.4 Å². The van der Waals surface area contributed by atoms with Crippen LogP contribution < -0.4 is 14.8 Å². The molecule has 5 aromatic rings. The van der Waals surface area contributed by atoms with E-state index < -0.39 is 10.1 Å². The molecule has 10 heteroatoms. The Bertz CT molecular complexity index is 1720. The van der Waals surface area contributed by atoms with Crippen LogP contribution in [-0.4, -0.2) is 23.7 Å². The molecule has 0 aliphatic carbocycles. The molecule has 38 heavy (non-hydrogen) atoms. The van der Waals surface area contributed by atoms with Gasteiger partial charge in [0.2, 0.25) is 5.91 Å². The predicted octanol–water partition coefficient (Wildman–Crippen LogP) is 6.10. The first-order valence-electron chi connectivity index (χ1n) is 11.7. The van der Waals surface area contributed by atoms with E-state index in [1.54, 1.807) is 24.3 Å². The van der Waals surface area contributed by atoms with Gasteiger partial charge in [0.1, 0.15) is 22.1 Å². The van der Waals surface area contributed by atoms with E-state index in [1.165, 1.54) is 31.2 Å². The molecule has 0 unspecified atom stereocenters. The van der Waals surface area contributed by atoms with E-state index >= 15 is 0 Å². The minimum atomic E-state index is -4.17. The van der Waals surface area contributed by atoms with Crippen LogP contribution in [-0.2, 0) is 21.5 Å². The molecule has 5 rings (SSSR count). The molecule has 8 nitrogen and oxygen atoms in total. The van der Waals surface area contributed by atoms with E-state index in [2.05, 4.69) is 26.6 Å². The number of hydrogen-bond acceptors (Lipinski definition) is 6. The van der Waals surface area contributed by atoms with E-state index in [-0.39, 0.29) is 16.6 Å². The molecule has 2 N–H and O–H groups in total. The van der Waals surface area contributed by atoms with Crippen molar-refractivity contribution in [2.75, 3.05) is 10.6 Å². The highest BCUT2D eigenvalue weighted by Crippen LogP contribution is 2.37. The minimum absolute atomic E-state index is 0.0391. The predicted molar refractivity (Wildman–Crippen MR) is 151 cm³/mol. The zero-order valence-corrected chi connectivity index (χ0v) is 22.7. The standard InChI is InChI=1S/C28H23BrN4O4S/c1-19(34)31-22-12-14-23(15-13-22)38(35,36)37-25-10-6-5-9-24(25)27-28(30-17-20-7-3-2-4-8-20)33-18-21(29)11-16-26(33)32-27/h2-16,18,30H,17H2,1H3,(H,31,34). The van der Waals surface area contributed by atoms with E-state index in [9.17, 15) is 13.2 Å². The van der Waals surface area contributed by atoms with Crippen LogP contribution in [0, 0.1) is 0 Å². The van der Waals surface area contributed by atoms with Gasteiger partial charge in [0, 0.05) is 35.4 Å². The van der Waals surface area contributed by atoms with Crippen molar-refractivity contribution in [2.24, 2.45) is 0 Å². The summed E-state index contributed by atoms with van der Waals surface area (Å²) in [5.74, 6) is 0.587. The lowest BCUT2D eigenvalue weighted by molar-refractivity contribution is -0.114. The summed E-state index contributed by atoms with van der Waals surface area (Å²) in [5.41, 5.74) is 3.32. The van der Waals surface area contributed by atoms with Crippen molar-refractivity contribution in [1.29, 1.82) is 0 Å². The second-order valence-electron chi connectivity index (χ2n) is 8.46. The van der Waals surface area contributed by atoms with Gasteiger partial charge in [-0.3, -0.25) is 9.20 Å². The van der Waals surface area contributed by atoms with Crippen LogP contribution in [0.4, 0.5) is 11.5 Å². The highest BCUT2D eigenvalue weighted by atomic mass is 79.9. The third-order valence-corrected chi connectivity index (χ3v) is 7.41. The van der Waals surface area contributed by atoms with Gasteiger partial charge in [-0.2, -0.15) is 8.42 Å². The fourth-order valence-electron chi connectivity index (χ4n) is 3.97. The number of pyridine rings is 1. The number of nitrogens with one attached hydrogen (secondary N) is 2. The van der Waals surface area contributed by atoms with E-state index in [0.717, 1.165) is 10.0 Å². The molecule has 2 heterocycles. The average Bonchev–Trinajstić information content (AvgIpc) is 3.25. The van der Waals surface area contributed by atoms with Gasteiger partial charge in [0.05, 0.1) is 0 Å². The molecule has 2 aromatic heterocycles. The van der Waals surface area contributed by atoms with Crippen LogP contribution in [0.15, 0.2) is 107 Å². The number of anilines is 2. The zero-order valence-electron chi connectivity index (χ0n) is 20.3. The number of benzene rings is 3. The SMILES string of the molecule is CC(=O)Nc1ccc(S(=O)(=O)Oc2ccccc2-c2nc3ccc(Br)cn3c2NCc2ccccc2)cc1. The number of carbonyl (C=O) groups excluding carboxylic acids is 1.